The van der Waals surface area contributed by atoms with Crippen molar-refractivity contribution in [2.75, 3.05) is 12.4 Å². The number of hydrogen-bond donors (Lipinski definition) is 1. The first-order chi connectivity index (χ1) is 13.1. The molecule has 1 aliphatic rings. The second-order valence-electron chi connectivity index (χ2n) is 6.18. The Balaban J connectivity index is 1.88. The van der Waals surface area contributed by atoms with Crippen molar-refractivity contribution in [1.82, 2.24) is 14.8 Å². The lowest BCUT2D eigenvalue weighted by Crippen LogP contribution is -2.29. The maximum atomic E-state index is 12.5. The molecule has 0 saturated heterocycles. The van der Waals surface area contributed by atoms with Crippen LogP contribution in [0.15, 0.2) is 65.9 Å². The fourth-order valence-electron chi connectivity index (χ4n) is 3.19. The number of anilines is 1. The van der Waals surface area contributed by atoms with Crippen LogP contribution in [-0.4, -0.2) is 27.8 Å². The van der Waals surface area contributed by atoms with Gasteiger partial charge in [0, 0.05) is 16.3 Å². The first kappa shape index (κ1) is 17.3. The molecule has 0 radical (unpaired) electrons. The molecule has 0 aliphatic carbocycles. The van der Waals surface area contributed by atoms with E-state index in [4.69, 9.17) is 16.3 Å². The number of nitrogens with zero attached hydrogens (tertiary/aromatic N) is 3. The number of nitrogens with one attached hydrogen (secondary N) is 1. The van der Waals surface area contributed by atoms with E-state index in [1.807, 2.05) is 49.4 Å². The number of fused-ring (bicyclic) bond motifs is 1. The number of rotatable bonds is 3. The number of carbonyl (C=O) groups excluding carboxylic acids is 1. The fraction of sp³-hybridized carbons (Fsp3) is 0.150. The van der Waals surface area contributed by atoms with Crippen LogP contribution in [0.2, 0.25) is 5.02 Å². The Kier molecular flexibility index (Phi) is 4.41. The van der Waals surface area contributed by atoms with Crippen LogP contribution in [0.3, 0.4) is 0 Å². The molecule has 1 unspecified atom stereocenters. The van der Waals surface area contributed by atoms with Crippen molar-refractivity contribution in [2.45, 2.75) is 13.0 Å². The molecule has 1 N–H and O–H groups in total. The summed E-state index contributed by atoms with van der Waals surface area (Å²) in [6.07, 6.45) is 0. The van der Waals surface area contributed by atoms with E-state index in [2.05, 4.69) is 15.4 Å². The van der Waals surface area contributed by atoms with E-state index in [9.17, 15) is 4.79 Å². The Bertz CT molecular complexity index is 1030. The van der Waals surface area contributed by atoms with E-state index in [-0.39, 0.29) is 0 Å². The van der Waals surface area contributed by atoms with E-state index in [0.717, 1.165) is 11.1 Å². The van der Waals surface area contributed by atoms with Crippen LogP contribution in [0.4, 0.5) is 5.95 Å². The highest BCUT2D eigenvalue weighted by molar-refractivity contribution is 6.30. The van der Waals surface area contributed by atoms with Crippen LogP contribution >= 0.6 is 11.6 Å². The summed E-state index contributed by atoms with van der Waals surface area (Å²) in [4.78, 5) is 17.1. The average molecular weight is 381 g/mol. The van der Waals surface area contributed by atoms with Crippen LogP contribution in [0.25, 0.3) is 11.4 Å². The van der Waals surface area contributed by atoms with Crippen LogP contribution in [0, 0.1) is 0 Å². The van der Waals surface area contributed by atoms with Crippen molar-refractivity contribution < 1.29 is 9.53 Å². The molecule has 2 heterocycles. The molecular weight excluding hydrogens is 364 g/mol. The molecule has 0 amide bonds. The quantitative estimate of drug-likeness (QED) is 0.694. The van der Waals surface area contributed by atoms with Crippen LogP contribution in [-0.2, 0) is 9.53 Å². The molecule has 1 aliphatic heterocycles. The van der Waals surface area contributed by atoms with Gasteiger partial charge in [-0.05, 0) is 24.6 Å². The van der Waals surface area contributed by atoms with E-state index < -0.39 is 12.0 Å². The third kappa shape index (κ3) is 3.08. The minimum atomic E-state index is -0.462. The normalized spacial score (nSPS) is 15.9. The van der Waals surface area contributed by atoms with Gasteiger partial charge in [-0.2, -0.15) is 4.98 Å². The van der Waals surface area contributed by atoms with Gasteiger partial charge in [0.1, 0.15) is 6.04 Å². The standard InChI is InChI=1S/C20H17ClN4O2/c1-12-16(19(26)27-2)17(13-8-10-15(21)11-9-13)25-20(22-12)23-18(24-25)14-6-4-3-5-7-14/h3-11,17H,1-2H3,(H,22,23,24). The first-order valence-electron chi connectivity index (χ1n) is 8.42. The van der Waals surface area contributed by atoms with Crippen LogP contribution in [0.5, 0.6) is 0 Å². The highest BCUT2D eigenvalue weighted by atomic mass is 35.5. The molecule has 136 valence electrons. The molecule has 1 aromatic heterocycles. The molecule has 0 spiro atoms. The number of hydrogen-bond acceptors (Lipinski definition) is 5. The van der Waals surface area contributed by atoms with E-state index in [1.165, 1.54) is 7.11 Å². The van der Waals surface area contributed by atoms with Crippen molar-refractivity contribution in [2.24, 2.45) is 0 Å². The monoisotopic (exact) mass is 380 g/mol. The summed E-state index contributed by atoms with van der Waals surface area (Å²) in [7, 11) is 1.37. The number of methoxy groups -OCH3 is 1. The Morgan fingerprint density at radius 2 is 1.85 bits per heavy atom. The van der Waals surface area contributed by atoms with Gasteiger partial charge in [0.25, 0.3) is 0 Å². The molecule has 7 heteroatoms. The summed E-state index contributed by atoms with van der Waals surface area (Å²) in [5.41, 5.74) is 2.93. The Labute approximate surface area is 161 Å². The molecular formula is C20H17ClN4O2. The third-order valence-corrected chi connectivity index (χ3v) is 4.73. The van der Waals surface area contributed by atoms with Gasteiger partial charge >= 0.3 is 5.97 Å². The predicted octanol–water partition coefficient (Wildman–Crippen LogP) is 4.06. The zero-order chi connectivity index (χ0) is 19.0. The lowest BCUT2D eigenvalue weighted by Gasteiger charge is -2.27. The number of allylic oxidation sites excluding steroid dienone is 1. The summed E-state index contributed by atoms with van der Waals surface area (Å²) < 4.78 is 6.73. The van der Waals surface area contributed by atoms with Gasteiger partial charge in [-0.25, -0.2) is 9.48 Å². The van der Waals surface area contributed by atoms with E-state index in [0.29, 0.717) is 28.1 Å². The summed E-state index contributed by atoms with van der Waals surface area (Å²) in [5.74, 6) is 0.734. The van der Waals surface area contributed by atoms with Crippen molar-refractivity contribution >= 4 is 23.5 Å². The van der Waals surface area contributed by atoms with Gasteiger partial charge in [0.05, 0.1) is 12.7 Å². The highest BCUT2D eigenvalue weighted by Crippen LogP contribution is 2.37. The van der Waals surface area contributed by atoms with Gasteiger partial charge in [0.2, 0.25) is 5.95 Å². The van der Waals surface area contributed by atoms with E-state index >= 15 is 0 Å². The van der Waals surface area contributed by atoms with E-state index in [1.54, 1.807) is 16.8 Å². The molecule has 0 bridgehead atoms. The summed E-state index contributed by atoms with van der Waals surface area (Å²) >= 11 is 6.04. The number of halogens is 1. The van der Waals surface area contributed by atoms with Gasteiger partial charge in [-0.3, -0.25) is 0 Å². The fourth-order valence-corrected chi connectivity index (χ4v) is 3.31. The Hall–Kier alpha value is -3.12. The molecule has 0 fully saturated rings. The number of esters is 1. The number of benzene rings is 2. The molecule has 27 heavy (non-hydrogen) atoms. The smallest absolute Gasteiger partial charge is 0.338 e. The third-order valence-electron chi connectivity index (χ3n) is 4.48. The average Bonchev–Trinajstić information content (AvgIpc) is 3.11. The second kappa shape index (κ2) is 6.89. The summed E-state index contributed by atoms with van der Waals surface area (Å²) in [6.45, 7) is 1.83. The van der Waals surface area contributed by atoms with Crippen LogP contribution in [0.1, 0.15) is 18.5 Å². The van der Waals surface area contributed by atoms with Gasteiger partial charge in [-0.15, -0.1) is 5.10 Å². The molecule has 3 aromatic rings. The van der Waals surface area contributed by atoms with Gasteiger partial charge < -0.3 is 10.1 Å². The van der Waals surface area contributed by atoms with Crippen molar-refractivity contribution in [1.29, 1.82) is 0 Å². The minimum absolute atomic E-state index is 0.414. The summed E-state index contributed by atoms with van der Waals surface area (Å²) in [6, 6.07) is 16.6. The number of aromatic nitrogens is 3. The zero-order valence-corrected chi connectivity index (χ0v) is 15.6. The number of carbonyl (C=O) groups is 1. The topological polar surface area (TPSA) is 69.0 Å². The molecule has 2 aromatic carbocycles. The van der Waals surface area contributed by atoms with Gasteiger partial charge in [-0.1, -0.05) is 54.1 Å². The SMILES string of the molecule is COC(=O)C1=C(C)Nc2nc(-c3ccccc3)nn2C1c1ccc(Cl)cc1. The maximum absolute atomic E-state index is 12.5. The van der Waals surface area contributed by atoms with Gasteiger partial charge in [0.15, 0.2) is 5.82 Å². The second-order valence-corrected chi connectivity index (χ2v) is 6.62. The Morgan fingerprint density at radius 3 is 2.52 bits per heavy atom. The molecule has 1 atom stereocenters. The highest BCUT2D eigenvalue weighted by Gasteiger charge is 2.34. The van der Waals surface area contributed by atoms with Crippen molar-refractivity contribution in [3.8, 4) is 11.4 Å². The lowest BCUT2D eigenvalue weighted by atomic mass is 9.96. The first-order valence-corrected chi connectivity index (χ1v) is 8.80. The number of ether oxygens (including phenoxy) is 1. The summed E-state index contributed by atoms with van der Waals surface area (Å²) in [5, 5.41) is 8.46. The largest absolute Gasteiger partial charge is 0.466 e. The molecule has 6 nitrogen and oxygen atoms in total. The van der Waals surface area contributed by atoms with Crippen LogP contribution < -0.4 is 5.32 Å². The van der Waals surface area contributed by atoms with Crippen molar-refractivity contribution in [3.63, 3.8) is 0 Å². The molecule has 0 saturated carbocycles. The minimum Gasteiger partial charge on any atom is -0.466 e. The Morgan fingerprint density at radius 1 is 1.15 bits per heavy atom. The zero-order valence-electron chi connectivity index (χ0n) is 14.8. The van der Waals surface area contributed by atoms with Crippen molar-refractivity contribution in [3.05, 3.63) is 76.5 Å². The maximum Gasteiger partial charge on any atom is 0.338 e. The predicted molar refractivity (Wildman–Crippen MR) is 103 cm³/mol. The lowest BCUT2D eigenvalue weighted by molar-refractivity contribution is -0.136. The molecule has 4 rings (SSSR count).